The third-order valence-corrected chi connectivity index (χ3v) is 6.34. The molecule has 0 aromatic heterocycles. The summed E-state index contributed by atoms with van der Waals surface area (Å²) in [6.45, 7) is 4.59. The van der Waals surface area contributed by atoms with E-state index in [-0.39, 0.29) is 6.04 Å². The first kappa shape index (κ1) is 15.3. The summed E-state index contributed by atoms with van der Waals surface area (Å²) < 4.78 is 23.3. The van der Waals surface area contributed by atoms with Crippen LogP contribution in [0.1, 0.15) is 58.8 Å². The minimum absolute atomic E-state index is 0.210. The van der Waals surface area contributed by atoms with Gasteiger partial charge >= 0.3 is 0 Å². The average molecular weight is 287 g/mol. The Morgan fingerprint density at radius 2 is 1.84 bits per heavy atom. The second kappa shape index (κ2) is 6.57. The van der Waals surface area contributed by atoms with E-state index in [2.05, 4.69) is 19.2 Å². The molecule has 1 aliphatic heterocycles. The topological polar surface area (TPSA) is 46.2 Å². The molecule has 1 heterocycles. The van der Waals surface area contributed by atoms with Gasteiger partial charge in [0.15, 0.2) is 9.84 Å². The Bertz CT molecular complexity index is 378. The van der Waals surface area contributed by atoms with Crippen LogP contribution in [-0.2, 0) is 9.84 Å². The zero-order valence-corrected chi connectivity index (χ0v) is 13.2. The van der Waals surface area contributed by atoms with Crippen LogP contribution >= 0.6 is 0 Å². The highest BCUT2D eigenvalue weighted by Gasteiger charge is 2.29. The molecule has 0 spiro atoms. The SMILES string of the molecule is CC(C)CC1CCCC(NC2CCCS(=O)(=O)C2)C1. The second-order valence-electron chi connectivity index (χ2n) is 6.98. The molecule has 0 aromatic carbocycles. The van der Waals surface area contributed by atoms with Gasteiger partial charge in [-0.3, -0.25) is 0 Å². The molecule has 3 atom stereocenters. The fourth-order valence-electron chi connectivity index (χ4n) is 3.81. The summed E-state index contributed by atoms with van der Waals surface area (Å²) in [6, 6.07) is 0.761. The van der Waals surface area contributed by atoms with Crippen LogP contribution in [-0.4, -0.2) is 32.0 Å². The zero-order valence-electron chi connectivity index (χ0n) is 12.4. The summed E-state index contributed by atoms with van der Waals surface area (Å²) in [5, 5.41) is 3.64. The highest BCUT2D eigenvalue weighted by atomic mass is 32.2. The highest BCUT2D eigenvalue weighted by Crippen LogP contribution is 2.30. The van der Waals surface area contributed by atoms with E-state index in [1.54, 1.807) is 0 Å². The van der Waals surface area contributed by atoms with Crippen LogP contribution in [0.25, 0.3) is 0 Å². The van der Waals surface area contributed by atoms with E-state index in [1.165, 1.54) is 32.1 Å². The van der Waals surface area contributed by atoms with Crippen molar-refractivity contribution in [3.63, 3.8) is 0 Å². The maximum atomic E-state index is 11.7. The molecule has 4 heteroatoms. The summed E-state index contributed by atoms with van der Waals surface area (Å²) in [5.41, 5.74) is 0. The lowest BCUT2D eigenvalue weighted by molar-refractivity contribution is 0.239. The van der Waals surface area contributed by atoms with E-state index in [1.807, 2.05) is 0 Å². The summed E-state index contributed by atoms with van der Waals surface area (Å²) in [5.74, 6) is 2.37. The largest absolute Gasteiger partial charge is 0.310 e. The lowest BCUT2D eigenvalue weighted by Gasteiger charge is -2.34. The lowest BCUT2D eigenvalue weighted by Crippen LogP contribution is -2.46. The molecule has 0 aromatic rings. The lowest BCUT2D eigenvalue weighted by atomic mass is 9.81. The fraction of sp³-hybridized carbons (Fsp3) is 1.00. The fourth-order valence-corrected chi connectivity index (χ4v) is 5.46. The summed E-state index contributed by atoms with van der Waals surface area (Å²) >= 11 is 0. The standard InChI is InChI=1S/C15H29NO2S/c1-12(2)9-13-5-3-6-14(10-13)16-15-7-4-8-19(17,18)11-15/h12-16H,3-11H2,1-2H3. The molecule has 1 N–H and O–H groups in total. The molecule has 1 aliphatic carbocycles. The Morgan fingerprint density at radius 1 is 1.11 bits per heavy atom. The van der Waals surface area contributed by atoms with Crippen molar-refractivity contribution in [2.75, 3.05) is 11.5 Å². The van der Waals surface area contributed by atoms with Gasteiger partial charge in [0.2, 0.25) is 0 Å². The van der Waals surface area contributed by atoms with Gasteiger partial charge in [0, 0.05) is 12.1 Å². The first-order chi connectivity index (χ1) is 8.94. The Balaban J connectivity index is 1.81. The molecule has 0 radical (unpaired) electrons. The van der Waals surface area contributed by atoms with Crippen LogP contribution < -0.4 is 5.32 Å². The average Bonchev–Trinajstić information content (AvgIpc) is 2.26. The van der Waals surface area contributed by atoms with Gasteiger partial charge in [-0.25, -0.2) is 8.42 Å². The van der Waals surface area contributed by atoms with Crippen molar-refractivity contribution in [3.05, 3.63) is 0 Å². The number of hydrogen-bond donors (Lipinski definition) is 1. The maximum Gasteiger partial charge on any atom is 0.151 e. The van der Waals surface area contributed by atoms with E-state index in [0.717, 1.165) is 24.7 Å². The molecular weight excluding hydrogens is 258 g/mol. The summed E-state index contributed by atoms with van der Waals surface area (Å²) in [7, 11) is -2.78. The molecule has 2 fully saturated rings. The molecule has 3 unspecified atom stereocenters. The predicted molar refractivity (Wildman–Crippen MR) is 80.0 cm³/mol. The van der Waals surface area contributed by atoms with E-state index < -0.39 is 9.84 Å². The molecule has 1 saturated carbocycles. The van der Waals surface area contributed by atoms with Crippen molar-refractivity contribution in [2.24, 2.45) is 11.8 Å². The summed E-state index contributed by atoms with van der Waals surface area (Å²) in [6.07, 6.45) is 8.32. The van der Waals surface area contributed by atoms with E-state index >= 15 is 0 Å². The quantitative estimate of drug-likeness (QED) is 0.865. The maximum absolute atomic E-state index is 11.7. The van der Waals surface area contributed by atoms with Crippen molar-refractivity contribution in [1.82, 2.24) is 5.32 Å². The highest BCUT2D eigenvalue weighted by molar-refractivity contribution is 7.91. The van der Waals surface area contributed by atoms with E-state index in [0.29, 0.717) is 17.5 Å². The molecule has 112 valence electrons. The van der Waals surface area contributed by atoms with Gasteiger partial charge < -0.3 is 5.32 Å². The molecule has 3 nitrogen and oxygen atoms in total. The molecule has 0 amide bonds. The van der Waals surface area contributed by atoms with Crippen molar-refractivity contribution < 1.29 is 8.42 Å². The molecule has 2 rings (SSSR count). The number of rotatable bonds is 4. The smallest absolute Gasteiger partial charge is 0.151 e. The monoisotopic (exact) mass is 287 g/mol. The summed E-state index contributed by atoms with van der Waals surface area (Å²) in [4.78, 5) is 0. The van der Waals surface area contributed by atoms with Crippen molar-refractivity contribution >= 4 is 9.84 Å². The Morgan fingerprint density at radius 3 is 2.53 bits per heavy atom. The number of hydrogen-bond acceptors (Lipinski definition) is 3. The molecule has 19 heavy (non-hydrogen) atoms. The van der Waals surface area contributed by atoms with Gasteiger partial charge in [0.05, 0.1) is 11.5 Å². The third kappa shape index (κ3) is 5.07. The van der Waals surface area contributed by atoms with Gasteiger partial charge in [-0.2, -0.15) is 0 Å². The minimum Gasteiger partial charge on any atom is -0.310 e. The van der Waals surface area contributed by atoms with Gasteiger partial charge in [0.25, 0.3) is 0 Å². The van der Waals surface area contributed by atoms with Crippen LogP contribution in [0.5, 0.6) is 0 Å². The molecule has 0 bridgehead atoms. The predicted octanol–water partition coefficient (Wildman–Crippen LogP) is 2.76. The van der Waals surface area contributed by atoms with Gasteiger partial charge in [-0.1, -0.05) is 26.7 Å². The zero-order chi connectivity index (χ0) is 13.9. The van der Waals surface area contributed by atoms with E-state index in [4.69, 9.17) is 0 Å². The molecular formula is C15H29NO2S. The minimum atomic E-state index is -2.78. The van der Waals surface area contributed by atoms with Crippen molar-refractivity contribution in [1.29, 1.82) is 0 Å². The number of nitrogens with one attached hydrogen (secondary N) is 1. The molecule has 2 aliphatic rings. The van der Waals surface area contributed by atoms with Crippen LogP contribution in [0, 0.1) is 11.8 Å². The number of sulfone groups is 1. The van der Waals surface area contributed by atoms with Crippen LogP contribution in [0.2, 0.25) is 0 Å². The second-order valence-corrected chi connectivity index (χ2v) is 9.21. The normalized spacial score (nSPS) is 35.4. The van der Waals surface area contributed by atoms with E-state index in [9.17, 15) is 8.42 Å². The van der Waals surface area contributed by atoms with Crippen molar-refractivity contribution in [2.45, 2.75) is 70.9 Å². The van der Waals surface area contributed by atoms with Gasteiger partial charge in [0.1, 0.15) is 0 Å². The third-order valence-electron chi connectivity index (χ3n) is 4.52. The van der Waals surface area contributed by atoms with Gasteiger partial charge in [-0.15, -0.1) is 0 Å². The van der Waals surface area contributed by atoms with Crippen LogP contribution in [0.3, 0.4) is 0 Å². The Labute approximate surface area is 118 Å². The van der Waals surface area contributed by atoms with Crippen LogP contribution in [0.4, 0.5) is 0 Å². The Hall–Kier alpha value is -0.0900. The van der Waals surface area contributed by atoms with Crippen LogP contribution in [0.15, 0.2) is 0 Å². The first-order valence-corrected chi connectivity index (χ1v) is 9.73. The van der Waals surface area contributed by atoms with Gasteiger partial charge in [-0.05, 0) is 43.9 Å². The first-order valence-electron chi connectivity index (χ1n) is 7.91. The Kier molecular flexibility index (Phi) is 5.29. The van der Waals surface area contributed by atoms with Crippen molar-refractivity contribution in [3.8, 4) is 0 Å². The molecule has 1 saturated heterocycles.